The number of para-hydroxylation sites is 1. The molecule has 110 valence electrons. The molecule has 0 spiro atoms. The number of benzene rings is 1. The molecular weight excluding hydrogens is 286 g/mol. The van der Waals surface area contributed by atoms with Crippen LogP contribution in [0.2, 0.25) is 0 Å². The van der Waals surface area contributed by atoms with Crippen molar-refractivity contribution >= 4 is 27.1 Å². The van der Waals surface area contributed by atoms with Gasteiger partial charge in [-0.2, -0.15) is 0 Å². The Morgan fingerprint density at radius 3 is 2.65 bits per heavy atom. The standard InChI is InChI=1S/C11H15N3O5S/c1-20(18,19)7-3-6-13-11(15)8-4-2-5-9(12)10(8)14(16)17/h2,4-5H,3,6-7,12H2,1H3,(H,13,15). The van der Waals surface area contributed by atoms with Crippen LogP contribution in [0.5, 0.6) is 0 Å². The second-order valence-electron chi connectivity index (χ2n) is 4.24. The number of carbonyl (C=O) groups is 1. The zero-order valence-electron chi connectivity index (χ0n) is 10.8. The highest BCUT2D eigenvalue weighted by atomic mass is 32.2. The number of sulfone groups is 1. The third-order valence-electron chi connectivity index (χ3n) is 2.47. The first kappa shape index (κ1) is 15.9. The molecule has 0 aromatic heterocycles. The van der Waals surface area contributed by atoms with Gasteiger partial charge in [0.1, 0.15) is 21.1 Å². The van der Waals surface area contributed by atoms with Gasteiger partial charge < -0.3 is 11.1 Å². The molecule has 0 saturated carbocycles. The summed E-state index contributed by atoms with van der Waals surface area (Å²) in [6.45, 7) is 0.109. The van der Waals surface area contributed by atoms with Crippen molar-refractivity contribution in [1.82, 2.24) is 5.32 Å². The van der Waals surface area contributed by atoms with Crippen LogP contribution in [0, 0.1) is 10.1 Å². The first-order valence-electron chi connectivity index (χ1n) is 5.71. The molecular formula is C11H15N3O5S. The minimum Gasteiger partial charge on any atom is -0.393 e. The van der Waals surface area contributed by atoms with Gasteiger partial charge in [-0.3, -0.25) is 14.9 Å². The molecule has 0 aliphatic rings. The topological polar surface area (TPSA) is 132 Å². The number of nitrogens with one attached hydrogen (secondary N) is 1. The van der Waals surface area contributed by atoms with Crippen LogP contribution < -0.4 is 11.1 Å². The lowest BCUT2D eigenvalue weighted by molar-refractivity contribution is -0.384. The van der Waals surface area contributed by atoms with E-state index in [-0.39, 0.29) is 30.0 Å². The maximum absolute atomic E-state index is 11.8. The normalized spacial score (nSPS) is 11.1. The summed E-state index contributed by atoms with van der Waals surface area (Å²) in [5.74, 6) is -0.718. The Bertz CT molecular complexity index is 627. The van der Waals surface area contributed by atoms with Gasteiger partial charge in [-0.05, 0) is 18.6 Å². The summed E-state index contributed by atoms with van der Waals surface area (Å²) in [6.07, 6.45) is 1.33. The number of hydrogen-bond acceptors (Lipinski definition) is 6. The zero-order chi connectivity index (χ0) is 15.3. The summed E-state index contributed by atoms with van der Waals surface area (Å²) in [6, 6.07) is 4.06. The predicted molar refractivity (Wildman–Crippen MR) is 74.2 cm³/mol. The number of carbonyl (C=O) groups excluding carboxylic acids is 1. The van der Waals surface area contributed by atoms with Crippen molar-refractivity contribution in [2.24, 2.45) is 0 Å². The quantitative estimate of drug-likeness (QED) is 0.337. The van der Waals surface area contributed by atoms with Gasteiger partial charge in [-0.25, -0.2) is 8.42 Å². The lowest BCUT2D eigenvalue weighted by Crippen LogP contribution is -2.26. The second-order valence-corrected chi connectivity index (χ2v) is 6.50. The largest absolute Gasteiger partial charge is 0.393 e. The molecule has 0 bridgehead atoms. The summed E-state index contributed by atoms with van der Waals surface area (Å²) in [7, 11) is -3.09. The van der Waals surface area contributed by atoms with Crippen LogP contribution in [-0.2, 0) is 9.84 Å². The van der Waals surface area contributed by atoms with Crippen molar-refractivity contribution < 1.29 is 18.1 Å². The van der Waals surface area contributed by atoms with Gasteiger partial charge in [0.05, 0.1) is 10.7 Å². The number of rotatable bonds is 6. The lowest BCUT2D eigenvalue weighted by atomic mass is 10.1. The molecule has 0 heterocycles. The number of nitrogens with zero attached hydrogens (tertiary/aromatic N) is 1. The van der Waals surface area contributed by atoms with Crippen molar-refractivity contribution in [3.63, 3.8) is 0 Å². The fraction of sp³-hybridized carbons (Fsp3) is 0.364. The van der Waals surface area contributed by atoms with E-state index in [0.29, 0.717) is 0 Å². The predicted octanol–water partition coefficient (Wildman–Crippen LogP) is 0.342. The number of hydrogen-bond donors (Lipinski definition) is 2. The van der Waals surface area contributed by atoms with Gasteiger partial charge in [-0.1, -0.05) is 6.07 Å². The van der Waals surface area contributed by atoms with E-state index in [0.717, 1.165) is 6.26 Å². The molecule has 3 N–H and O–H groups in total. The second kappa shape index (κ2) is 6.33. The van der Waals surface area contributed by atoms with Crippen LogP contribution in [0.25, 0.3) is 0 Å². The van der Waals surface area contributed by atoms with Crippen LogP contribution >= 0.6 is 0 Å². The van der Waals surface area contributed by atoms with E-state index in [1.807, 2.05) is 0 Å². The SMILES string of the molecule is CS(=O)(=O)CCCNC(=O)c1cccc(N)c1[N+](=O)[O-]. The van der Waals surface area contributed by atoms with E-state index in [4.69, 9.17) is 5.73 Å². The van der Waals surface area contributed by atoms with E-state index >= 15 is 0 Å². The van der Waals surface area contributed by atoms with E-state index in [1.54, 1.807) is 0 Å². The fourth-order valence-electron chi connectivity index (χ4n) is 1.58. The lowest BCUT2D eigenvalue weighted by Gasteiger charge is -2.06. The number of nitrogens with two attached hydrogens (primary N) is 1. The van der Waals surface area contributed by atoms with Crippen molar-refractivity contribution in [2.45, 2.75) is 6.42 Å². The first-order valence-corrected chi connectivity index (χ1v) is 7.77. The summed E-state index contributed by atoms with van der Waals surface area (Å²) in [5.41, 5.74) is 4.78. The van der Waals surface area contributed by atoms with Crippen LogP contribution in [0.15, 0.2) is 18.2 Å². The van der Waals surface area contributed by atoms with Gasteiger partial charge in [0.2, 0.25) is 0 Å². The average Bonchev–Trinajstić information content (AvgIpc) is 2.32. The highest BCUT2D eigenvalue weighted by Crippen LogP contribution is 2.25. The molecule has 0 fully saturated rings. The van der Waals surface area contributed by atoms with Gasteiger partial charge in [0.25, 0.3) is 5.91 Å². The summed E-state index contributed by atoms with van der Waals surface area (Å²) in [4.78, 5) is 22.0. The van der Waals surface area contributed by atoms with Crippen molar-refractivity contribution in [3.05, 3.63) is 33.9 Å². The Balaban J connectivity index is 2.74. The summed E-state index contributed by atoms with van der Waals surface area (Å²) >= 11 is 0. The number of nitro benzene ring substituents is 1. The van der Waals surface area contributed by atoms with Crippen LogP contribution in [0.4, 0.5) is 11.4 Å². The zero-order valence-corrected chi connectivity index (χ0v) is 11.6. The van der Waals surface area contributed by atoms with E-state index < -0.39 is 26.4 Å². The number of nitrogen functional groups attached to an aromatic ring is 1. The Labute approximate surface area is 116 Å². The molecule has 0 radical (unpaired) electrons. The Hall–Kier alpha value is -2.16. The smallest absolute Gasteiger partial charge is 0.304 e. The molecule has 9 heteroatoms. The molecule has 8 nitrogen and oxygen atoms in total. The van der Waals surface area contributed by atoms with Gasteiger partial charge in [-0.15, -0.1) is 0 Å². The molecule has 0 saturated heterocycles. The van der Waals surface area contributed by atoms with Crippen LogP contribution in [0.1, 0.15) is 16.8 Å². The van der Waals surface area contributed by atoms with E-state index in [9.17, 15) is 23.3 Å². The molecule has 0 unspecified atom stereocenters. The molecule has 1 rings (SSSR count). The first-order chi connectivity index (χ1) is 9.22. The molecule has 0 atom stereocenters. The number of amides is 1. The Morgan fingerprint density at radius 2 is 2.10 bits per heavy atom. The molecule has 1 amide bonds. The third kappa shape index (κ3) is 4.50. The minimum absolute atomic E-state index is 0.0632. The number of anilines is 1. The van der Waals surface area contributed by atoms with Crippen LogP contribution in [0.3, 0.4) is 0 Å². The van der Waals surface area contributed by atoms with Gasteiger partial charge in [0, 0.05) is 12.8 Å². The van der Waals surface area contributed by atoms with Gasteiger partial charge >= 0.3 is 5.69 Å². The highest BCUT2D eigenvalue weighted by molar-refractivity contribution is 7.90. The van der Waals surface area contributed by atoms with Gasteiger partial charge in [0.15, 0.2) is 0 Å². The number of nitro groups is 1. The van der Waals surface area contributed by atoms with Crippen molar-refractivity contribution in [1.29, 1.82) is 0 Å². The monoisotopic (exact) mass is 301 g/mol. The molecule has 0 aliphatic heterocycles. The van der Waals surface area contributed by atoms with E-state index in [2.05, 4.69) is 5.32 Å². The Kier molecular flexibility index (Phi) is 5.03. The molecule has 1 aromatic carbocycles. The van der Waals surface area contributed by atoms with Crippen LogP contribution in [-0.4, -0.2) is 37.8 Å². The van der Waals surface area contributed by atoms with Crippen molar-refractivity contribution in [3.8, 4) is 0 Å². The van der Waals surface area contributed by atoms with Crippen molar-refractivity contribution in [2.75, 3.05) is 24.3 Å². The maximum atomic E-state index is 11.8. The molecule has 1 aromatic rings. The van der Waals surface area contributed by atoms with E-state index in [1.165, 1.54) is 18.2 Å². The molecule has 20 heavy (non-hydrogen) atoms. The molecule has 0 aliphatic carbocycles. The highest BCUT2D eigenvalue weighted by Gasteiger charge is 2.22. The third-order valence-corrected chi connectivity index (χ3v) is 3.50. The maximum Gasteiger partial charge on any atom is 0.304 e. The average molecular weight is 301 g/mol. The summed E-state index contributed by atoms with van der Waals surface area (Å²) in [5, 5.41) is 13.3. The Morgan fingerprint density at radius 1 is 1.45 bits per heavy atom. The summed E-state index contributed by atoms with van der Waals surface area (Å²) < 4.78 is 21.8. The minimum atomic E-state index is -3.09. The fourth-order valence-corrected chi connectivity index (χ4v) is 2.25.